The Labute approximate surface area is 113 Å². The standard InChI is InChI=1S/C16H17N3/c1-4-5-7-14(3)11-19-12-16(17-18-19)15-9-6-8-13(2)10-15/h4-10,12H,1,3,11H2,2H3/b7-5-. The summed E-state index contributed by atoms with van der Waals surface area (Å²) in [6.07, 6.45) is 7.44. The van der Waals surface area contributed by atoms with Crippen LogP contribution in [0.1, 0.15) is 5.56 Å². The molecule has 0 fully saturated rings. The van der Waals surface area contributed by atoms with Crippen LogP contribution in [0.3, 0.4) is 0 Å². The van der Waals surface area contributed by atoms with Crippen LogP contribution in [-0.4, -0.2) is 15.0 Å². The van der Waals surface area contributed by atoms with Crippen molar-refractivity contribution in [3.8, 4) is 11.3 Å². The molecule has 0 saturated heterocycles. The normalized spacial score (nSPS) is 10.8. The Morgan fingerprint density at radius 3 is 3.00 bits per heavy atom. The van der Waals surface area contributed by atoms with E-state index >= 15 is 0 Å². The van der Waals surface area contributed by atoms with Crippen molar-refractivity contribution >= 4 is 0 Å². The van der Waals surface area contributed by atoms with E-state index in [1.807, 2.05) is 30.5 Å². The van der Waals surface area contributed by atoms with Crippen LogP contribution in [0.4, 0.5) is 0 Å². The number of nitrogens with zero attached hydrogens (tertiary/aromatic N) is 3. The van der Waals surface area contributed by atoms with E-state index in [1.165, 1.54) is 5.56 Å². The number of aryl methyl sites for hydroxylation is 1. The predicted molar refractivity (Wildman–Crippen MR) is 78.7 cm³/mol. The van der Waals surface area contributed by atoms with Gasteiger partial charge in [-0.15, -0.1) is 5.10 Å². The molecule has 1 aromatic carbocycles. The number of aromatic nitrogens is 3. The van der Waals surface area contributed by atoms with Crippen molar-refractivity contribution in [2.75, 3.05) is 0 Å². The van der Waals surface area contributed by atoms with Crippen molar-refractivity contribution < 1.29 is 0 Å². The van der Waals surface area contributed by atoms with Gasteiger partial charge in [-0.2, -0.15) is 0 Å². The monoisotopic (exact) mass is 251 g/mol. The van der Waals surface area contributed by atoms with Gasteiger partial charge in [0.05, 0.1) is 12.7 Å². The third-order valence-electron chi connectivity index (χ3n) is 2.69. The van der Waals surface area contributed by atoms with Gasteiger partial charge in [0.25, 0.3) is 0 Å². The second kappa shape index (κ2) is 5.96. The van der Waals surface area contributed by atoms with Gasteiger partial charge >= 0.3 is 0 Å². The first-order valence-electron chi connectivity index (χ1n) is 6.13. The molecule has 0 spiro atoms. The highest BCUT2D eigenvalue weighted by molar-refractivity contribution is 5.58. The zero-order valence-corrected chi connectivity index (χ0v) is 11.1. The maximum absolute atomic E-state index is 4.19. The summed E-state index contributed by atoms with van der Waals surface area (Å²) in [6.45, 7) is 10.3. The van der Waals surface area contributed by atoms with Crippen LogP contribution in [0.2, 0.25) is 0 Å². The predicted octanol–water partition coefficient (Wildman–Crippen LogP) is 3.55. The first-order chi connectivity index (χ1) is 9.19. The molecule has 96 valence electrons. The molecule has 3 nitrogen and oxygen atoms in total. The molecule has 0 radical (unpaired) electrons. The van der Waals surface area contributed by atoms with Gasteiger partial charge in [0.1, 0.15) is 5.69 Å². The summed E-state index contributed by atoms with van der Waals surface area (Å²) < 4.78 is 1.79. The Kier molecular flexibility index (Phi) is 4.08. The van der Waals surface area contributed by atoms with Crippen LogP contribution in [0.25, 0.3) is 11.3 Å². The summed E-state index contributed by atoms with van der Waals surface area (Å²) in [7, 11) is 0. The number of rotatable bonds is 5. The SMILES string of the molecule is C=C/C=C\C(=C)Cn1cc(-c2cccc(C)c2)nn1. The van der Waals surface area contributed by atoms with E-state index < -0.39 is 0 Å². The lowest BCUT2D eigenvalue weighted by molar-refractivity contribution is 0.650. The van der Waals surface area contributed by atoms with E-state index in [1.54, 1.807) is 10.8 Å². The zero-order chi connectivity index (χ0) is 13.7. The van der Waals surface area contributed by atoms with Gasteiger partial charge in [0.15, 0.2) is 0 Å². The minimum atomic E-state index is 0.628. The molecule has 0 N–H and O–H groups in total. The van der Waals surface area contributed by atoms with Gasteiger partial charge in [-0.1, -0.05) is 60.4 Å². The van der Waals surface area contributed by atoms with Crippen molar-refractivity contribution in [1.29, 1.82) is 0 Å². The molecule has 0 aliphatic rings. The third-order valence-corrected chi connectivity index (χ3v) is 2.69. The molecule has 0 aliphatic heterocycles. The van der Waals surface area contributed by atoms with Gasteiger partial charge in [0.2, 0.25) is 0 Å². The average Bonchev–Trinajstić information content (AvgIpc) is 2.85. The van der Waals surface area contributed by atoms with Crippen LogP contribution >= 0.6 is 0 Å². The van der Waals surface area contributed by atoms with E-state index in [4.69, 9.17) is 0 Å². The van der Waals surface area contributed by atoms with E-state index in [0.717, 1.165) is 16.8 Å². The number of hydrogen-bond acceptors (Lipinski definition) is 2. The summed E-state index contributed by atoms with van der Waals surface area (Å²) in [5.41, 5.74) is 4.13. The molecule has 0 aliphatic carbocycles. The van der Waals surface area contributed by atoms with Crippen molar-refractivity contribution in [2.24, 2.45) is 0 Å². The van der Waals surface area contributed by atoms with E-state index in [0.29, 0.717) is 6.54 Å². The zero-order valence-electron chi connectivity index (χ0n) is 11.1. The molecule has 0 amide bonds. The van der Waals surface area contributed by atoms with Crippen LogP contribution < -0.4 is 0 Å². The van der Waals surface area contributed by atoms with Gasteiger partial charge in [-0.3, -0.25) is 0 Å². The summed E-state index contributed by atoms with van der Waals surface area (Å²) in [5.74, 6) is 0. The summed E-state index contributed by atoms with van der Waals surface area (Å²) in [6, 6.07) is 8.22. The van der Waals surface area contributed by atoms with Gasteiger partial charge in [0, 0.05) is 5.56 Å². The van der Waals surface area contributed by atoms with Crippen LogP contribution in [0.15, 0.2) is 67.4 Å². The van der Waals surface area contributed by atoms with E-state index in [9.17, 15) is 0 Å². The lowest BCUT2D eigenvalue weighted by atomic mass is 10.1. The van der Waals surface area contributed by atoms with Gasteiger partial charge < -0.3 is 0 Å². The molecular weight excluding hydrogens is 234 g/mol. The summed E-state index contributed by atoms with van der Waals surface area (Å²) in [5, 5.41) is 8.30. The molecule has 0 atom stereocenters. The molecule has 1 heterocycles. The fraction of sp³-hybridized carbons (Fsp3) is 0.125. The number of hydrogen-bond donors (Lipinski definition) is 0. The highest BCUT2D eigenvalue weighted by Crippen LogP contribution is 2.17. The quantitative estimate of drug-likeness (QED) is 0.761. The minimum Gasteiger partial charge on any atom is -0.248 e. The Hall–Kier alpha value is -2.42. The first-order valence-corrected chi connectivity index (χ1v) is 6.13. The lowest BCUT2D eigenvalue weighted by Crippen LogP contribution is -1.99. The molecule has 19 heavy (non-hydrogen) atoms. The van der Waals surface area contributed by atoms with Crippen LogP contribution in [0, 0.1) is 6.92 Å². The third kappa shape index (κ3) is 3.52. The highest BCUT2D eigenvalue weighted by atomic mass is 15.4. The molecule has 3 heteroatoms. The van der Waals surface area contributed by atoms with E-state index in [-0.39, 0.29) is 0 Å². The molecule has 2 rings (SSSR count). The molecule has 0 bridgehead atoms. The maximum atomic E-state index is 4.19. The number of benzene rings is 1. The molecule has 2 aromatic rings. The fourth-order valence-electron chi connectivity index (χ4n) is 1.78. The second-order valence-electron chi connectivity index (χ2n) is 4.42. The lowest BCUT2D eigenvalue weighted by Gasteiger charge is -1.99. The van der Waals surface area contributed by atoms with Crippen molar-refractivity contribution in [2.45, 2.75) is 13.5 Å². The average molecular weight is 251 g/mol. The smallest absolute Gasteiger partial charge is 0.113 e. The Bertz CT molecular complexity index is 620. The van der Waals surface area contributed by atoms with Crippen molar-refractivity contribution in [1.82, 2.24) is 15.0 Å². The topological polar surface area (TPSA) is 30.7 Å². The van der Waals surface area contributed by atoms with Crippen LogP contribution in [0.5, 0.6) is 0 Å². The van der Waals surface area contributed by atoms with Gasteiger partial charge in [-0.05, 0) is 18.6 Å². The summed E-state index contributed by atoms with van der Waals surface area (Å²) >= 11 is 0. The summed E-state index contributed by atoms with van der Waals surface area (Å²) in [4.78, 5) is 0. The fourth-order valence-corrected chi connectivity index (χ4v) is 1.78. The first kappa shape index (κ1) is 13.0. The molecule has 0 unspecified atom stereocenters. The molecule has 0 saturated carbocycles. The number of allylic oxidation sites excluding steroid dienone is 4. The minimum absolute atomic E-state index is 0.628. The van der Waals surface area contributed by atoms with Crippen molar-refractivity contribution in [3.63, 3.8) is 0 Å². The molecule has 1 aromatic heterocycles. The van der Waals surface area contributed by atoms with Gasteiger partial charge in [-0.25, -0.2) is 4.68 Å². The Morgan fingerprint density at radius 2 is 2.26 bits per heavy atom. The molecular formula is C16H17N3. The van der Waals surface area contributed by atoms with Crippen molar-refractivity contribution in [3.05, 3.63) is 73.0 Å². The second-order valence-corrected chi connectivity index (χ2v) is 4.42. The Morgan fingerprint density at radius 1 is 1.42 bits per heavy atom. The largest absolute Gasteiger partial charge is 0.248 e. The maximum Gasteiger partial charge on any atom is 0.113 e. The van der Waals surface area contributed by atoms with Crippen LogP contribution in [-0.2, 0) is 6.54 Å². The highest BCUT2D eigenvalue weighted by Gasteiger charge is 2.04. The van der Waals surface area contributed by atoms with E-state index in [2.05, 4.69) is 42.5 Å². The Balaban J connectivity index is 2.13.